The maximum absolute atomic E-state index is 13.4. The number of rotatable bonds is 4. The number of imidazole rings is 1. The van der Waals surface area contributed by atoms with E-state index in [2.05, 4.69) is 9.97 Å². The van der Waals surface area contributed by atoms with Crippen LogP contribution < -0.4 is 4.72 Å². The maximum atomic E-state index is 13.4. The fraction of sp³-hybridized carbons (Fsp3) is 0.182. The highest BCUT2D eigenvalue weighted by Crippen LogP contribution is 2.20. The Balaban J connectivity index is 2.33. The van der Waals surface area contributed by atoms with Gasteiger partial charge in [-0.05, 0) is 12.1 Å². The molecule has 0 amide bonds. The molecule has 0 aliphatic rings. The number of halogens is 2. The molecule has 0 saturated carbocycles. The molecule has 0 fully saturated rings. The second-order valence-corrected chi connectivity index (χ2v) is 5.41. The summed E-state index contributed by atoms with van der Waals surface area (Å²) < 4.78 is 52.2. The second kappa shape index (κ2) is 4.96. The zero-order valence-corrected chi connectivity index (χ0v) is 10.8. The summed E-state index contributed by atoms with van der Waals surface area (Å²) in [5, 5.41) is -0.201. The van der Waals surface area contributed by atoms with Gasteiger partial charge in [0.2, 0.25) is 0 Å². The van der Waals surface area contributed by atoms with Crippen LogP contribution in [0.25, 0.3) is 0 Å². The number of benzene rings is 1. The van der Waals surface area contributed by atoms with Gasteiger partial charge in [-0.15, -0.1) is 0 Å². The third kappa shape index (κ3) is 2.73. The van der Waals surface area contributed by atoms with Crippen LogP contribution in [-0.2, 0) is 16.4 Å². The lowest BCUT2D eigenvalue weighted by molar-refractivity contribution is 0.511. The van der Waals surface area contributed by atoms with Crippen molar-refractivity contribution < 1.29 is 17.2 Å². The molecular formula is C11H11F2N3O2S. The zero-order chi connectivity index (χ0) is 14.0. The van der Waals surface area contributed by atoms with E-state index in [1.165, 1.54) is 6.07 Å². The first-order chi connectivity index (χ1) is 8.94. The van der Waals surface area contributed by atoms with E-state index in [1.54, 1.807) is 6.92 Å². The molecule has 1 aromatic heterocycles. The summed E-state index contributed by atoms with van der Waals surface area (Å²) in [7, 11) is -4.02. The van der Waals surface area contributed by atoms with Crippen molar-refractivity contribution in [1.82, 2.24) is 9.97 Å². The van der Waals surface area contributed by atoms with Gasteiger partial charge in [0.05, 0.1) is 11.9 Å². The van der Waals surface area contributed by atoms with Gasteiger partial charge in [0.1, 0.15) is 5.82 Å². The molecule has 0 aliphatic carbocycles. The van der Waals surface area contributed by atoms with E-state index in [1.807, 2.05) is 4.72 Å². The van der Waals surface area contributed by atoms with E-state index in [9.17, 15) is 17.2 Å². The van der Waals surface area contributed by atoms with E-state index >= 15 is 0 Å². The molecular weight excluding hydrogens is 276 g/mol. The number of hydrogen-bond acceptors (Lipinski definition) is 3. The van der Waals surface area contributed by atoms with Crippen molar-refractivity contribution >= 4 is 15.7 Å². The summed E-state index contributed by atoms with van der Waals surface area (Å²) in [6, 6.07) is 3.24. The lowest BCUT2D eigenvalue weighted by Crippen LogP contribution is -2.15. The Morgan fingerprint density at radius 1 is 1.37 bits per heavy atom. The standard InChI is InChI=1S/C11H11F2N3O2S/c1-2-9-14-6-10(15-9)19(17,18)16-8-5-3-4-7(12)11(8)13/h3-6,16H,2H2,1H3,(H,14,15). The fourth-order valence-electron chi connectivity index (χ4n) is 1.44. The van der Waals surface area contributed by atoms with Gasteiger partial charge in [0, 0.05) is 6.42 Å². The summed E-state index contributed by atoms with van der Waals surface area (Å²) in [5.74, 6) is -1.89. The van der Waals surface area contributed by atoms with Gasteiger partial charge in [0.15, 0.2) is 16.7 Å². The molecule has 0 atom stereocenters. The summed E-state index contributed by atoms with van der Waals surface area (Å²) >= 11 is 0. The van der Waals surface area contributed by atoms with Crippen LogP contribution in [0.15, 0.2) is 29.4 Å². The Labute approximate surface area is 108 Å². The number of hydrogen-bond donors (Lipinski definition) is 2. The molecule has 0 bridgehead atoms. The van der Waals surface area contributed by atoms with E-state index in [-0.39, 0.29) is 5.03 Å². The molecule has 2 N–H and O–H groups in total. The SMILES string of the molecule is CCc1ncc(S(=O)(=O)Nc2cccc(F)c2F)[nH]1. The molecule has 2 rings (SSSR count). The van der Waals surface area contributed by atoms with E-state index in [0.717, 1.165) is 18.3 Å². The number of nitrogens with one attached hydrogen (secondary N) is 2. The Bertz CT molecular complexity index is 698. The lowest BCUT2D eigenvalue weighted by atomic mass is 10.3. The Hall–Kier alpha value is -1.96. The second-order valence-electron chi connectivity index (χ2n) is 3.75. The number of anilines is 1. The molecule has 2 aromatic rings. The van der Waals surface area contributed by atoms with Crippen molar-refractivity contribution in [2.24, 2.45) is 0 Å². The van der Waals surface area contributed by atoms with Gasteiger partial charge < -0.3 is 4.98 Å². The maximum Gasteiger partial charge on any atom is 0.279 e. The Morgan fingerprint density at radius 3 is 2.74 bits per heavy atom. The number of sulfonamides is 1. The highest BCUT2D eigenvalue weighted by molar-refractivity contribution is 7.92. The van der Waals surface area contributed by atoms with Crippen LogP contribution in [0, 0.1) is 11.6 Å². The molecule has 102 valence electrons. The predicted molar refractivity (Wildman–Crippen MR) is 65.1 cm³/mol. The zero-order valence-electron chi connectivity index (χ0n) is 9.94. The number of aromatic amines is 1. The van der Waals surface area contributed by atoms with Crippen LogP contribution in [0.2, 0.25) is 0 Å². The molecule has 0 unspecified atom stereocenters. The summed E-state index contributed by atoms with van der Waals surface area (Å²) in [6.07, 6.45) is 1.65. The quantitative estimate of drug-likeness (QED) is 0.903. The number of aryl methyl sites for hydroxylation is 1. The normalized spacial score (nSPS) is 11.5. The van der Waals surface area contributed by atoms with E-state index in [4.69, 9.17) is 0 Å². The molecule has 0 radical (unpaired) electrons. The first-order valence-corrected chi connectivity index (χ1v) is 6.93. The van der Waals surface area contributed by atoms with Crippen molar-refractivity contribution in [2.75, 3.05) is 4.72 Å². The minimum absolute atomic E-state index is 0.201. The van der Waals surface area contributed by atoms with Crippen molar-refractivity contribution in [3.05, 3.63) is 41.9 Å². The van der Waals surface area contributed by atoms with Crippen molar-refractivity contribution in [2.45, 2.75) is 18.4 Å². The average Bonchev–Trinajstić information content (AvgIpc) is 2.84. The average molecular weight is 287 g/mol. The molecule has 8 heteroatoms. The van der Waals surface area contributed by atoms with Crippen molar-refractivity contribution in [1.29, 1.82) is 0 Å². The molecule has 0 aliphatic heterocycles. The molecule has 5 nitrogen and oxygen atoms in total. The first-order valence-electron chi connectivity index (χ1n) is 5.44. The van der Waals surface area contributed by atoms with Gasteiger partial charge in [-0.1, -0.05) is 13.0 Å². The molecule has 1 aromatic carbocycles. The van der Waals surface area contributed by atoms with Crippen LogP contribution in [-0.4, -0.2) is 18.4 Å². The highest BCUT2D eigenvalue weighted by Gasteiger charge is 2.19. The minimum Gasteiger partial charge on any atom is -0.332 e. The fourth-order valence-corrected chi connectivity index (χ4v) is 2.44. The Morgan fingerprint density at radius 2 is 2.11 bits per heavy atom. The molecule has 19 heavy (non-hydrogen) atoms. The van der Waals surface area contributed by atoms with Gasteiger partial charge in [-0.25, -0.2) is 13.8 Å². The summed E-state index contributed by atoms with van der Waals surface area (Å²) in [6.45, 7) is 1.80. The molecule has 1 heterocycles. The first kappa shape index (κ1) is 13.5. The van der Waals surface area contributed by atoms with Crippen LogP contribution in [0.5, 0.6) is 0 Å². The predicted octanol–water partition coefficient (Wildman–Crippen LogP) is 2.05. The van der Waals surface area contributed by atoms with Crippen LogP contribution >= 0.6 is 0 Å². The van der Waals surface area contributed by atoms with Crippen LogP contribution in [0.4, 0.5) is 14.5 Å². The van der Waals surface area contributed by atoms with Gasteiger partial charge in [0.25, 0.3) is 10.0 Å². The smallest absolute Gasteiger partial charge is 0.279 e. The summed E-state index contributed by atoms with van der Waals surface area (Å²) in [4.78, 5) is 6.42. The van der Waals surface area contributed by atoms with Crippen LogP contribution in [0.3, 0.4) is 0 Å². The van der Waals surface area contributed by atoms with Crippen molar-refractivity contribution in [3.8, 4) is 0 Å². The topological polar surface area (TPSA) is 74.8 Å². The largest absolute Gasteiger partial charge is 0.332 e. The highest BCUT2D eigenvalue weighted by atomic mass is 32.2. The lowest BCUT2D eigenvalue weighted by Gasteiger charge is -2.07. The summed E-state index contributed by atoms with van der Waals surface area (Å²) in [5.41, 5.74) is -0.451. The number of nitrogens with zero attached hydrogens (tertiary/aromatic N) is 1. The minimum atomic E-state index is -4.02. The van der Waals surface area contributed by atoms with Gasteiger partial charge in [-0.3, -0.25) is 4.72 Å². The molecule has 0 spiro atoms. The number of aromatic nitrogens is 2. The van der Waals surface area contributed by atoms with Gasteiger partial charge in [-0.2, -0.15) is 8.42 Å². The Kier molecular flexibility index (Phi) is 3.52. The van der Waals surface area contributed by atoms with Gasteiger partial charge >= 0.3 is 0 Å². The third-order valence-electron chi connectivity index (χ3n) is 2.43. The third-order valence-corrected chi connectivity index (χ3v) is 3.70. The molecule has 0 saturated heterocycles. The van der Waals surface area contributed by atoms with Crippen molar-refractivity contribution in [3.63, 3.8) is 0 Å². The van der Waals surface area contributed by atoms with E-state index in [0.29, 0.717) is 12.2 Å². The van der Waals surface area contributed by atoms with E-state index < -0.39 is 27.3 Å². The monoisotopic (exact) mass is 287 g/mol. The van der Waals surface area contributed by atoms with Crippen LogP contribution in [0.1, 0.15) is 12.7 Å². The number of H-pyrrole nitrogens is 1.